The molecule has 1 aliphatic heterocycles. The normalized spacial score (nSPS) is 21.2. The largest absolute Gasteiger partial charge is 0.481 e. The lowest BCUT2D eigenvalue weighted by atomic mass is 10.1. The molecular weight excluding hydrogens is 247 g/mol. The number of hydrogen-bond acceptors (Lipinski definition) is 3. The molecule has 1 fully saturated rings. The average molecular weight is 257 g/mol. The number of nitrogens with zero attached hydrogens (tertiary/aromatic N) is 1. The van der Waals surface area contributed by atoms with Crippen molar-refractivity contribution in [3.05, 3.63) is 0 Å². The second kappa shape index (κ2) is 4.94. The molecule has 0 aliphatic carbocycles. The molecule has 1 unspecified atom stereocenters. The summed E-state index contributed by atoms with van der Waals surface area (Å²) < 4.78 is 35.4. The highest BCUT2D eigenvalue weighted by molar-refractivity contribution is 8.00. The Labute approximate surface area is 93.8 Å². The van der Waals surface area contributed by atoms with Crippen LogP contribution in [0.25, 0.3) is 0 Å². The van der Waals surface area contributed by atoms with Crippen molar-refractivity contribution in [2.24, 2.45) is 5.92 Å². The number of carboxylic acids is 1. The zero-order chi connectivity index (χ0) is 12.3. The molecule has 0 aromatic heterocycles. The summed E-state index contributed by atoms with van der Waals surface area (Å²) in [6.45, 7) is 0.223. The van der Waals surface area contributed by atoms with E-state index in [0.29, 0.717) is 6.42 Å². The Hall–Kier alpha value is -0.920. The first-order valence-electron chi connectivity index (χ1n) is 4.51. The first-order valence-corrected chi connectivity index (χ1v) is 5.49. The zero-order valence-corrected chi connectivity index (χ0v) is 8.98. The van der Waals surface area contributed by atoms with Crippen LogP contribution in [0.2, 0.25) is 0 Å². The van der Waals surface area contributed by atoms with Gasteiger partial charge in [0.2, 0.25) is 5.91 Å². The first kappa shape index (κ1) is 13.1. The van der Waals surface area contributed by atoms with Crippen LogP contribution in [0.5, 0.6) is 0 Å². The Bertz CT molecular complexity index is 295. The van der Waals surface area contributed by atoms with Crippen LogP contribution in [0.4, 0.5) is 13.2 Å². The van der Waals surface area contributed by atoms with Gasteiger partial charge in [-0.05, 0) is 18.2 Å². The number of rotatable bonds is 3. The molecule has 4 nitrogen and oxygen atoms in total. The third-order valence-corrected chi connectivity index (χ3v) is 2.97. The quantitative estimate of drug-likeness (QED) is 0.824. The van der Waals surface area contributed by atoms with E-state index in [1.807, 2.05) is 0 Å². The van der Waals surface area contributed by atoms with Crippen LogP contribution in [0.1, 0.15) is 6.42 Å². The van der Waals surface area contributed by atoms with Crippen LogP contribution in [0.15, 0.2) is 0 Å². The van der Waals surface area contributed by atoms with Crippen LogP contribution in [-0.2, 0) is 9.59 Å². The topological polar surface area (TPSA) is 57.6 Å². The highest BCUT2D eigenvalue weighted by Gasteiger charge is 2.34. The van der Waals surface area contributed by atoms with Crippen LogP contribution < -0.4 is 0 Å². The van der Waals surface area contributed by atoms with E-state index in [0.717, 1.165) is 4.90 Å². The van der Waals surface area contributed by atoms with Crippen molar-refractivity contribution in [3.8, 4) is 0 Å². The minimum absolute atomic E-state index is 0.00653. The molecule has 1 amide bonds. The summed E-state index contributed by atoms with van der Waals surface area (Å²) in [6.07, 6.45) is 0.303. The molecule has 1 rings (SSSR count). The number of carboxylic acid groups (broad SMARTS) is 1. The maximum absolute atomic E-state index is 11.8. The van der Waals surface area contributed by atoms with Gasteiger partial charge in [-0.3, -0.25) is 9.59 Å². The van der Waals surface area contributed by atoms with Gasteiger partial charge in [0.1, 0.15) is 0 Å². The second-order valence-electron chi connectivity index (χ2n) is 3.40. The minimum atomic E-state index is -4.43. The molecule has 0 saturated carbocycles. The molecule has 8 heteroatoms. The van der Waals surface area contributed by atoms with Gasteiger partial charge in [-0.1, -0.05) is 0 Å². The number of amides is 1. The molecule has 0 radical (unpaired) electrons. The van der Waals surface area contributed by atoms with E-state index in [4.69, 9.17) is 5.11 Å². The number of aliphatic carboxylic acids is 1. The van der Waals surface area contributed by atoms with Gasteiger partial charge in [0.15, 0.2) is 0 Å². The molecule has 1 saturated heterocycles. The summed E-state index contributed by atoms with van der Waals surface area (Å²) in [6, 6.07) is 0. The number of likely N-dealkylation sites (tertiary alicyclic amines) is 1. The van der Waals surface area contributed by atoms with Gasteiger partial charge >= 0.3 is 11.5 Å². The molecule has 0 bridgehead atoms. The van der Waals surface area contributed by atoms with Gasteiger partial charge in [-0.15, -0.1) is 0 Å². The van der Waals surface area contributed by atoms with E-state index in [2.05, 4.69) is 0 Å². The van der Waals surface area contributed by atoms with Gasteiger partial charge in [-0.25, -0.2) is 0 Å². The van der Waals surface area contributed by atoms with Crippen LogP contribution in [0, 0.1) is 5.92 Å². The fourth-order valence-electron chi connectivity index (χ4n) is 1.42. The van der Waals surface area contributed by atoms with Gasteiger partial charge in [-0.2, -0.15) is 13.2 Å². The van der Waals surface area contributed by atoms with Crippen molar-refractivity contribution < 1.29 is 27.9 Å². The van der Waals surface area contributed by atoms with Gasteiger partial charge in [0.05, 0.1) is 11.7 Å². The molecule has 16 heavy (non-hydrogen) atoms. The van der Waals surface area contributed by atoms with E-state index < -0.39 is 40.8 Å². The Morgan fingerprint density at radius 3 is 2.50 bits per heavy atom. The summed E-state index contributed by atoms with van der Waals surface area (Å²) in [5.41, 5.74) is -4.43. The first-order chi connectivity index (χ1) is 7.29. The molecule has 1 atom stereocenters. The molecule has 0 spiro atoms. The van der Waals surface area contributed by atoms with Crippen LogP contribution in [0.3, 0.4) is 0 Å². The fourth-order valence-corrected chi connectivity index (χ4v) is 1.89. The number of halogens is 3. The van der Waals surface area contributed by atoms with Crippen molar-refractivity contribution in [3.63, 3.8) is 0 Å². The van der Waals surface area contributed by atoms with E-state index >= 15 is 0 Å². The number of carbonyl (C=O) groups is 2. The molecule has 1 N–H and O–H groups in total. The Morgan fingerprint density at radius 1 is 1.44 bits per heavy atom. The van der Waals surface area contributed by atoms with Crippen LogP contribution >= 0.6 is 11.8 Å². The number of carbonyl (C=O) groups excluding carboxylic acids is 1. The van der Waals surface area contributed by atoms with E-state index in [9.17, 15) is 22.8 Å². The maximum Gasteiger partial charge on any atom is 0.442 e. The predicted octanol–water partition coefficient (Wildman–Crippen LogP) is 1.17. The number of hydrogen-bond donors (Lipinski definition) is 1. The average Bonchev–Trinajstić information content (AvgIpc) is 2.61. The molecule has 92 valence electrons. The van der Waals surface area contributed by atoms with Gasteiger partial charge < -0.3 is 10.0 Å². The third kappa shape index (κ3) is 3.92. The zero-order valence-electron chi connectivity index (χ0n) is 8.16. The minimum Gasteiger partial charge on any atom is -0.481 e. The monoisotopic (exact) mass is 257 g/mol. The summed E-state index contributed by atoms with van der Waals surface area (Å²) in [5.74, 6) is -3.01. The fraction of sp³-hybridized carbons (Fsp3) is 0.750. The van der Waals surface area contributed by atoms with Crippen molar-refractivity contribution in [1.82, 2.24) is 4.90 Å². The van der Waals surface area contributed by atoms with E-state index in [1.54, 1.807) is 0 Å². The molecular formula is C8H10F3NO3S. The van der Waals surface area contributed by atoms with E-state index in [1.165, 1.54) is 0 Å². The SMILES string of the molecule is O=C(O)C1CCN(C(=O)CSC(F)(F)F)C1. The Morgan fingerprint density at radius 2 is 2.06 bits per heavy atom. The molecule has 1 heterocycles. The van der Waals surface area contributed by atoms with Crippen molar-refractivity contribution in [2.45, 2.75) is 11.9 Å². The number of thioether (sulfide) groups is 1. The van der Waals surface area contributed by atoms with Gasteiger partial charge in [0.25, 0.3) is 0 Å². The summed E-state index contributed by atoms with van der Waals surface area (Å²) >= 11 is -0.400. The smallest absolute Gasteiger partial charge is 0.442 e. The second-order valence-corrected chi connectivity index (χ2v) is 4.44. The highest BCUT2D eigenvalue weighted by Crippen LogP contribution is 2.30. The lowest BCUT2D eigenvalue weighted by Gasteiger charge is -2.15. The highest BCUT2D eigenvalue weighted by atomic mass is 32.2. The summed E-state index contributed by atoms with van der Waals surface area (Å²) in [5, 5.41) is 8.65. The molecule has 1 aliphatic rings. The summed E-state index contributed by atoms with van der Waals surface area (Å²) in [7, 11) is 0. The molecule has 0 aromatic rings. The third-order valence-electron chi connectivity index (χ3n) is 2.25. The maximum atomic E-state index is 11.8. The van der Waals surface area contributed by atoms with Crippen molar-refractivity contribution in [2.75, 3.05) is 18.8 Å². The van der Waals surface area contributed by atoms with Crippen molar-refractivity contribution in [1.29, 1.82) is 0 Å². The summed E-state index contributed by atoms with van der Waals surface area (Å²) in [4.78, 5) is 23.0. The van der Waals surface area contributed by atoms with Crippen LogP contribution in [-0.4, -0.2) is 46.2 Å². The standard InChI is InChI=1S/C8H10F3NO3S/c9-8(10,11)16-4-6(13)12-2-1-5(3-12)7(14)15/h5H,1-4H2,(H,14,15). The Balaban J connectivity index is 2.37. The Kier molecular flexibility index (Phi) is 4.06. The molecule has 0 aromatic carbocycles. The predicted molar refractivity (Wildman–Crippen MR) is 50.8 cm³/mol. The van der Waals surface area contributed by atoms with E-state index in [-0.39, 0.29) is 13.1 Å². The van der Waals surface area contributed by atoms with Crippen molar-refractivity contribution >= 4 is 23.6 Å². The lowest BCUT2D eigenvalue weighted by Crippen LogP contribution is -2.32. The lowest BCUT2D eigenvalue weighted by molar-refractivity contribution is -0.141. The number of alkyl halides is 3. The van der Waals surface area contributed by atoms with Gasteiger partial charge in [0, 0.05) is 13.1 Å².